The van der Waals surface area contributed by atoms with Crippen molar-refractivity contribution in [2.45, 2.75) is 12.2 Å². The molecular weight excluding hydrogens is 331 g/mol. The number of anilines is 1. The molecule has 0 spiro atoms. The summed E-state index contributed by atoms with van der Waals surface area (Å²) in [5.41, 5.74) is -0.0755. The fourth-order valence-electron chi connectivity index (χ4n) is 1.92. The molecule has 0 bridgehead atoms. The van der Waals surface area contributed by atoms with Crippen molar-refractivity contribution >= 4 is 33.0 Å². The lowest BCUT2D eigenvalue weighted by Gasteiger charge is -2.28. The average Bonchev–Trinajstić information content (AvgIpc) is 2.71. The van der Waals surface area contributed by atoms with Gasteiger partial charge in [-0.1, -0.05) is 11.6 Å². The zero-order valence-electron chi connectivity index (χ0n) is 10.3. The Hall–Kier alpha value is -1.54. The van der Waals surface area contributed by atoms with Crippen molar-refractivity contribution in [3.63, 3.8) is 0 Å². The van der Waals surface area contributed by atoms with Crippen molar-refractivity contribution in [1.82, 2.24) is 0 Å². The molecule has 9 heteroatoms. The minimum atomic E-state index is -5.11. The zero-order chi connectivity index (χ0) is 15.8. The first kappa shape index (κ1) is 15.8. The van der Waals surface area contributed by atoms with Gasteiger partial charge in [-0.2, -0.15) is 13.2 Å². The number of halogens is 4. The molecule has 21 heavy (non-hydrogen) atoms. The molecular formula is C12H9ClF3NO3S. The largest absolute Gasteiger partial charge is 0.471 e. The summed E-state index contributed by atoms with van der Waals surface area (Å²) in [6, 6.07) is 3.89. The van der Waals surface area contributed by atoms with Crippen LogP contribution in [-0.4, -0.2) is 32.3 Å². The van der Waals surface area contributed by atoms with Crippen LogP contribution in [0.3, 0.4) is 0 Å². The standard InChI is InChI=1S/C12H9ClF3NO3S/c13-8-1-3-9(4-2-8)17(11(18)12(14,15)16)10-5-6-21(19,20)7-10/h1-6,10H,7H2. The van der Waals surface area contributed by atoms with E-state index in [1.807, 2.05) is 0 Å². The van der Waals surface area contributed by atoms with Gasteiger partial charge < -0.3 is 0 Å². The number of hydrogen-bond donors (Lipinski definition) is 0. The maximum Gasteiger partial charge on any atom is 0.471 e. The predicted octanol–water partition coefficient (Wildman–Crippen LogP) is 2.55. The number of rotatable bonds is 2. The van der Waals surface area contributed by atoms with Gasteiger partial charge in [0.2, 0.25) is 0 Å². The molecule has 1 atom stereocenters. The summed E-state index contributed by atoms with van der Waals surface area (Å²) >= 11 is 5.66. The quantitative estimate of drug-likeness (QED) is 0.832. The Morgan fingerprint density at radius 3 is 2.24 bits per heavy atom. The lowest BCUT2D eigenvalue weighted by molar-refractivity contribution is -0.170. The number of amides is 1. The third kappa shape index (κ3) is 3.56. The van der Waals surface area contributed by atoms with Crippen molar-refractivity contribution in [3.8, 4) is 0 Å². The Morgan fingerprint density at radius 1 is 1.24 bits per heavy atom. The third-order valence-corrected chi connectivity index (χ3v) is 4.44. The van der Waals surface area contributed by atoms with E-state index in [9.17, 15) is 26.4 Å². The summed E-state index contributed by atoms with van der Waals surface area (Å²) in [7, 11) is -3.60. The molecule has 1 aromatic carbocycles. The van der Waals surface area contributed by atoms with Gasteiger partial charge in [-0.15, -0.1) is 0 Å². The van der Waals surface area contributed by atoms with Crippen LogP contribution in [0.15, 0.2) is 35.7 Å². The van der Waals surface area contributed by atoms with Gasteiger partial charge >= 0.3 is 12.1 Å². The Labute approximate surface area is 123 Å². The molecule has 1 heterocycles. The van der Waals surface area contributed by atoms with E-state index in [0.717, 1.165) is 11.5 Å². The van der Waals surface area contributed by atoms with Crippen molar-refractivity contribution in [1.29, 1.82) is 0 Å². The minimum Gasteiger partial charge on any atom is -0.297 e. The van der Waals surface area contributed by atoms with Crippen molar-refractivity contribution in [2.75, 3.05) is 10.7 Å². The van der Waals surface area contributed by atoms with Crippen molar-refractivity contribution < 1.29 is 26.4 Å². The molecule has 0 saturated carbocycles. The molecule has 114 valence electrons. The van der Waals surface area contributed by atoms with Crippen LogP contribution in [0, 0.1) is 0 Å². The molecule has 4 nitrogen and oxygen atoms in total. The number of hydrogen-bond acceptors (Lipinski definition) is 3. The van der Waals surface area contributed by atoms with Crippen LogP contribution >= 0.6 is 11.6 Å². The van der Waals surface area contributed by atoms with Crippen LogP contribution in [0.1, 0.15) is 0 Å². The van der Waals surface area contributed by atoms with E-state index in [0.29, 0.717) is 4.90 Å². The summed E-state index contributed by atoms with van der Waals surface area (Å²) in [6.45, 7) is 0. The smallest absolute Gasteiger partial charge is 0.297 e. The zero-order valence-corrected chi connectivity index (χ0v) is 11.9. The Balaban J connectivity index is 2.43. The maximum atomic E-state index is 12.7. The summed E-state index contributed by atoms with van der Waals surface area (Å²) in [5.74, 6) is -2.71. The van der Waals surface area contributed by atoms with Crippen molar-refractivity contribution in [2.24, 2.45) is 0 Å². The van der Waals surface area contributed by atoms with Crippen LogP contribution in [0.2, 0.25) is 5.02 Å². The number of carbonyl (C=O) groups excluding carboxylic acids is 1. The molecule has 1 amide bonds. The second-order valence-electron chi connectivity index (χ2n) is 4.37. The van der Waals surface area contributed by atoms with Gasteiger partial charge in [0.05, 0.1) is 11.8 Å². The van der Waals surface area contributed by atoms with Crippen LogP contribution in [0.5, 0.6) is 0 Å². The SMILES string of the molecule is O=C(N(c1ccc(Cl)cc1)C1C=CS(=O)(=O)C1)C(F)(F)F. The summed E-state index contributed by atoms with van der Waals surface area (Å²) < 4.78 is 60.9. The summed E-state index contributed by atoms with van der Waals surface area (Å²) in [6.07, 6.45) is -4.05. The first-order valence-corrected chi connectivity index (χ1v) is 7.76. The van der Waals surface area contributed by atoms with Gasteiger partial charge in [0.15, 0.2) is 9.84 Å². The lowest BCUT2D eigenvalue weighted by atomic mass is 10.2. The third-order valence-electron chi connectivity index (χ3n) is 2.81. The van der Waals surface area contributed by atoms with Crippen LogP contribution in [0.25, 0.3) is 0 Å². The molecule has 2 rings (SSSR count). The van der Waals surface area contributed by atoms with Gasteiger partial charge in [-0.25, -0.2) is 8.42 Å². The van der Waals surface area contributed by atoms with E-state index in [-0.39, 0.29) is 10.7 Å². The molecule has 0 radical (unpaired) electrons. The highest BCUT2D eigenvalue weighted by Gasteiger charge is 2.46. The molecule has 1 aliphatic heterocycles. The Kier molecular flexibility index (Phi) is 4.03. The monoisotopic (exact) mass is 339 g/mol. The number of nitrogens with zero attached hydrogens (tertiary/aromatic N) is 1. The number of sulfone groups is 1. The highest BCUT2D eigenvalue weighted by atomic mass is 35.5. The highest BCUT2D eigenvalue weighted by molar-refractivity contribution is 7.94. The molecule has 0 aliphatic carbocycles. The molecule has 0 aromatic heterocycles. The Bertz CT molecular complexity index is 683. The number of benzene rings is 1. The maximum absolute atomic E-state index is 12.7. The van der Waals surface area contributed by atoms with E-state index in [1.54, 1.807) is 0 Å². The normalized spacial score (nSPS) is 20.5. The fourth-order valence-corrected chi connectivity index (χ4v) is 3.31. The molecule has 1 aromatic rings. The minimum absolute atomic E-state index is 0.0755. The molecule has 0 saturated heterocycles. The summed E-state index contributed by atoms with van der Waals surface area (Å²) in [5, 5.41) is 1.09. The first-order chi connectivity index (χ1) is 9.60. The van der Waals surface area contributed by atoms with Crippen LogP contribution in [-0.2, 0) is 14.6 Å². The fraction of sp³-hybridized carbons (Fsp3) is 0.250. The lowest BCUT2D eigenvalue weighted by Crippen LogP contribution is -2.47. The Morgan fingerprint density at radius 2 is 1.81 bits per heavy atom. The van der Waals surface area contributed by atoms with E-state index in [1.165, 1.54) is 24.3 Å². The van der Waals surface area contributed by atoms with Gasteiger partial charge in [0, 0.05) is 16.1 Å². The molecule has 0 N–H and O–H groups in total. The van der Waals surface area contributed by atoms with E-state index < -0.39 is 33.7 Å². The van der Waals surface area contributed by atoms with E-state index in [4.69, 9.17) is 11.6 Å². The number of carbonyl (C=O) groups is 1. The highest BCUT2D eigenvalue weighted by Crippen LogP contribution is 2.29. The molecule has 0 fully saturated rings. The second-order valence-corrected chi connectivity index (χ2v) is 6.74. The first-order valence-electron chi connectivity index (χ1n) is 5.67. The van der Waals surface area contributed by atoms with Gasteiger partial charge in [0.25, 0.3) is 0 Å². The van der Waals surface area contributed by atoms with Crippen LogP contribution < -0.4 is 4.90 Å². The average molecular weight is 340 g/mol. The van der Waals surface area contributed by atoms with E-state index >= 15 is 0 Å². The molecule has 1 aliphatic rings. The van der Waals surface area contributed by atoms with Crippen LogP contribution in [0.4, 0.5) is 18.9 Å². The topological polar surface area (TPSA) is 54.5 Å². The van der Waals surface area contributed by atoms with Crippen molar-refractivity contribution in [3.05, 3.63) is 40.8 Å². The molecule has 1 unspecified atom stereocenters. The van der Waals surface area contributed by atoms with E-state index in [2.05, 4.69) is 0 Å². The predicted molar refractivity (Wildman–Crippen MR) is 71.7 cm³/mol. The van der Waals surface area contributed by atoms with Gasteiger partial charge in [0.1, 0.15) is 0 Å². The van der Waals surface area contributed by atoms with Gasteiger partial charge in [-0.05, 0) is 30.3 Å². The number of alkyl halides is 3. The second kappa shape index (κ2) is 5.34. The van der Waals surface area contributed by atoms with Gasteiger partial charge in [-0.3, -0.25) is 9.69 Å². The summed E-state index contributed by atoms with van der Waals surface area (Å²) in [4.78, 5) is 12.0.